The third-order valence-corrected chi connectivity index (χ3v) is 6.22. The minimum Gasteiger partial charge on any atom is -0.484 e. The van der Waals surface area contributed by atoms with Gasteiger partial charge in [0.15, 0.2) is 6.61 Å². The number of carbonyl (C=O) groups excluding carboxylic acids is 2. The first-order valence-corrected chi connectivity index (χ1v) is 11.7. The van der Waals surface area contributed by atoms with Crippen molar-refractivity contribution in [3.63, 3.8) is 0 Å². The van der Waals surface area contributed by atoms with Crippen molar-refractivity contribution in [3.8, 4) is 5.75 Å². The number of carbonyl (C=O) groups is 2. The van der Waals surface area contributed by atoms with Gasteiger partial charge in [0.25, 0.3) is 21.8 Å². The lowest BCUT2D eigenvalue weighted by Gasteiger charge is -2.13. The van der Waals surface area contributed by atoms with E-state index in [1.165, 1.54) is 41.3 Å². The number of likely N-dealkylation sites (N-methyl/N-ethyl adjacent to an activating group) is 1. The quantitative estimate of drug-likeness (QED) is 0.507. The monoisotopic (exact) mass is 485 g/mol. The lowest BCUT2D eigenvalue weighted by Crippen LogP contribution is -2.27. The molecule has 0 spiro atoms. The van der Waals surface area contributed by atoms with Gasteiger partial charge >= 0.3 is 0 Å². The van der Waals surface area contributed by atoms with Crippen molar-refractivity contribution in [2.24, 2.45) is 0 Å². The summed E-state index contributed by atoms with van der Waals surface area (Å²) in [5.74, 6) is -0.963. The molecule has 8 nitrogen and oxygen atoms in total. The molecular weight excluding hydrogens is 461 g/mol. The van der Waals surface area contributed by atoms with Crippen LogP contribution >= 0.6 is 0 Å². The van der Waals surface area contributed by atoms with Gasteiger partial charge in [0.05, 0.1) is 10.6 Å². The molecule has 0 fully saturated rings. The highest BCUT2D eigenvalue weighted by Crippen LogP contribution is 2.22. The van der Waals surface area contributed by atoms with Crippen LogP contribution in [0.5, 0.6) is 5.75 Å². The largest absolute Gasteiger partial charge is 0.484 e. The van der Waals surface area contributed by atoms with Crippen molar-refractivity contribution in [2.45, 2.75) is 11.8 Å². The summed E-state index contributed by atoms with van der Waals surface area (Å²) in [4.78, 5) is 25.7. The number of nitrogens with one attached hydrogen (secondary N) is 2. The van der Waals surface area contributed by atoms with E-state index in [0.717, 1.165) is 6.07 Å². The van der Waals surface area contributed by atoms with Gasteiger partial charge in [-0.25, -0.2) is 12.8 Å². The second-order valence-electron chi connectivity index (χ2n) is 7.62. The summed E-state index contributed by atoms with van der Waals surface area (Å²) in [5, 5.41) is 2.70. The number of amides is 2. The molecule has 0 saturated heterocycles. The predicted octanol–water partition coefficient (Wildman–Crippen LogP) is 3.65. The highest BCUT2D eigenvalue weighted by Gasteiger charge is 2.19. The van der Waals surface area contributed by atoms with Crippen LogP contribution in [0, 0.1) is 12.7 Å². The first kappa shape index (κ1) is 24.7. The van der Waals surface area contributed by atoms with Crippen LogP contribution < -0.4 is 14.8 Å². The molecule has 0 unspecified atom stereocenters. The molecular formula is C24H24FN3O5S. The first-order chi connectivity index (χ1) is 16.1. The highest BCUT2D eigenvalue weighted by molar-refractivity contribution is 7.92. The number of halogens is 1. The van der Waals surface area contributed by atoms with Crippen LogP contribution in [0.15, 0.2) is 71.6 Å². The fraction of sp³-hybridized carbons (Fsp3) is 0.167. The van der Waals surface area contributed by atoms with E-state index < -0.39 is 21.7 Å². The van der Waals surface area contributed by atoms with Crippen molar-refractivity contribution < 1.29 is 27.1 Å². The lowest BCUT2D eigenvalue weighted by atomic mass is 10.1. The van der Waals surface area contributed by atoms with E-state index >= 15 is 0 Å². The number of hydrogen-bond acceptors (Lipinski definition) is 5. The fourth-order valence-corrected chi connectivity index (χ4v) is 3.96. The van der Waals surface area contributed by atoms with Crippen LogP contribution in [0.2, 0.25) is 0 Å². The third kappa shape index (κ3) is 6.10. The minimum absolute atomic E-state index is 0.111. The Hall–Kier alpha value is -3.92. The third-order valence-electron chi connectivity index (χ3n) is 4.86. The zero-order valence-corrected chi connectivity index (χ0v) is 19.6. The van der Waals surface area contributed by atoms with Gasteiger partial charge in [0.2, 0.25) is 0 Å². The summed E-state index contributed by atoms with van der Waals surface area (Å²) in [6, 6.07) is 15.9. The number of hydrogen-bond donors (Lipinski definition) is 2. The molecule has 2 amide bonds. The summed E-state index contributed by atoms with van der Waals surface area (Å²) in [6.45, 7) is 1.56. The first-order valence-electron chi connectivity index (χ1n) is 10.2. The highest BCUT2D eigenvalue weighted by atomic mass is 32.2. The van der Waals surface area contributed by atoms with E-state index in [2.05, 4.69) is 10.0 Å². The Bertz CT molecular complexity index is 1310. The number of nitrogens with zero attached hydrogens (tertiary/aromatic N) is 1. The molecule has 34 heavy (non-hydrogen) atoms. The standard InChI is InChI=1S/C24H24FN3O5S/c1-16-8-13-19(34(31,32)27-22-7-5-4-6-21(22)25)14-20(16)24(30)26-17-9-11-18(12-10-17)33-15-23(29)28(2)3/h4-14,27H,15H2,1-3H3,(H,26,30). The van der Waals surface area contributed by atoms with E-state index in [-0.39, 0.29) is 28.7 Å². The minimum atomic E-state index is -4.12. The zero-order valence-electron chi connectivity index (χ0n) is 18.8. The molecule has 0 aliphatic heterocycles. The molecule has 3 aromatic rings. The van der Waals surface area contributed by atoms with Crippen molar-refractivity contribution in [2.75, 3.05) is 30.7 Å². The molecule has 0 heterocycles. The van der Waals surface area contributed by atoms with Gasteiger partial charge in [0.1, 0.15) is 11.6 Å². The van der Waals surface area contributed by atoms with Gasteiger partial charge in [-0.1, -0.05) is 18.2 Å². The van der Waals surface area contributed by atoms with Crippen molar-refractivity contribution in [1.29, 1.82) is 0 Å². The van der Waals surface area contributed by atoms with E-state index in [1.54, 1.807) is 45.3 Å². The number of anilines is 2. The van der Waals surface area contributed by atoms with Gasteiger partial charge in [-0.3, -0.25) is 14.3 Å². The van der Waals surface area contributed by atoms with Crippen LogP contribution in [-0.2, 0) is 14.8 Å². The van der Waals surface area contributed by atoms with Crippen LogP contribution in [0.4, 0.5) is 15.8 Å². The molecule has 0 saturated carbocycles. The van der Waals surface area contributed by atoms with Crippen molar-refractivity contribution in [1.82, 2.24) is 4.90 Å². The van der Waals surface area contributed by atoms with Crippen LogP contribution in [-0.4, -0.2) is 45.8 Å². The van der Waals surface area contributed by atoms with Gasteiger partial charge < -0.3 is 15.0 Å². The smallest absolute Gasteiger partial charge is 0.262 e. The van der Waals surface area contributed by atoms with E-state index in [0.29, 0.717) is 17.0 Å². The predicted molar refractivity (Wildman–Crippen MR) is 127 cm³/mol. The summed E-state index contributed by atoms with van der Waals surface area (Å²) in [5.41, 5.74) is 0.968. The Balaban J connectivity index is 1.73. The number of para-hydroxylation sites is 1. The van der Waals surface area contributed by atoms with Gasteiger partial charge in [0, 0.05) is 25.3 Å². The van der Waals surface area contributed by atoms with Crippen molar-refractivity contribution >= 4 is 33.2 Å². The molecule has 2 N–H and O–H groups in total. The SMILES string of the molecule is Cc1ccc(S(=O)(=O)Nc2ccccc2F)cc1C(=O)Nc1ccc(OCC(=O)N(C)C)cc1. The van der Waals surface area contributed by atoms with Crippen LogP contribution in [0.25, 0.3) is 0 Å². The maximum absolute atomic E-state index is 13.9. The molecule has 0 aromatic heterocycles. The second-order valence-corrected chi connectivity index (χ2v) is 9.30. The number of rotatable bonds is 8. The lowest BCUT2D eigenvalue weighted by molar-refractivity contribution is -0.130. The molecule has 10 heteroatoms. The van der Waals surface area contributed by atoms with Crippen LogP contribution in [0.1, 0.15) is 15.9 Å². The molecule has 0 aliphatic rings. The van der Waals surface area contributed by atoms with Gasteiger partial charge in [-0.05, 0) is 61.0 Å². The summed E-state index contributed by atoms with van der Waals surface area (Å²) < 4.78 is 47.0. The molecule has 0 aliphatic carbocycles. The molecule has 0 radical (unpaired) electrons. The zero-order chi connectivity index (χ0) is 24.9. The number of aryl methyl sites for hydroxylation is 1. The maximum atomic E-state index is 13.9. The number of benzene rings is 3. The fourth-order valence-electron chi connectivity index (χ4n) is 2.87. The van der Waals surface area contributed by atoms with E-state index in [9.17, 15) is 22.4 Å². The van der Waals surface area contributed by atoms with E-state index in [4.69, 9.17) is 4.74 Å². The summed E-state index contributed by atoms with van der Waals surface area (Å²) >= 11 is 0. The van der Waals surface area contributed by atoms with Crippen LogP contribution in [0.3, 0.4) is 0 Å². The Morgan fingerprint density at radius 2 is 1.68 bits per heavy atom. The Morgan fingerprint density at radius 1 is 1.00 bits per heavy atom. The molecule has 3 rings (SSSR count). The molecule has 3 aromatic carbocycles. The second kappa shape index (κ2) is 10.3. The molecule has 178 valence electrons. The number of ether oxygens (including phenoxy) is 1. The molecule has 0 bridgehead atoms. The Morgan fingerprint density at radius 3 is 2.32 bits per heavy atom. The summed E-state index contributed by atoms with van der Waals surface area (Å²) in [6.07, 6.45) is 0. The molecule has 0 atom stereocenters. The van der Waals surface area contributed by atoms with Crippen molar-refractivity contribution in [3.05, 3.63) is 83.7 Å². The topological polar surface area (TPSA) is 105 Å². The number of sulfonamides is 1. The van der Waals surface area contributed by atoms with Gasteiger partial charge in [-0.2, -0.15) is 0 Å². The average Bonchev–Trinajstić information content (AvgIpc) is 2.79. The Kier molecular flexibility index (Phi) is 7.52. The average molecular weight is 486 g/mol. The maximum Gasteiger partial charge on any atom is 0.262 e. The van der Waals surface area contributed by atoms with Gasteiger partial charge in [-0.15, -0.1) is 0 Å². The van der Waals surface area contributed by atoms with E-state index in [1.807, 2.05) is 0 Å². The summed E-state index contributed by atoms with van der Waals surface area (Å²) in [7, 11) is -0.869. The Labute approximate surface area is 197 Å². The normalized spacial score (nSPS) is 10.9.